The van der Waals surface area contributed by atoms with Crippen LogP contribution in [-0.4, -0.2) is 18.3 Å². The summed E-state index contributed by atoms with van der Waals surface area (Å²) in [6, 6.07) is 16.7. The number of aryl methyl sites for hydroxylation is 1. The largest absolute Gasteiger partial charge is 0.491 e. The minimum Gasteiger partial charge on any atom is -0.491 e. The Hall–Kier alpha value is -1.84. The van der Waals surface area contributed by atoms with Gasteiger partial charge in [-0.1, -0.05) is 48.0 Å². The molecular formula is C18H23NO2. The SMILES string of the molecule is Cc1cccc([C@@H](C)NCc2ccccc2OCCO)c1. The highest BCUT2D eigenvalue weighted by molar-refractivity contribution is 5.33. The first-order valence-electron chi connectivity index (χ1n) is 7.32. The molecule has 0 saturated carbocycles. The molecule has 0 amide bonds. The van der Waals surface area contributed by atoms with Crippen molar-refractivity contribution in [2.75, 3.05) is 13.2 Å². The molecule has 2 N–H and O–H groups in total. The van der Waals surface area contributed by atoms with Crippen molar-refractivity contribution in [1.82, 2.24) is 5.32 Å². The maximum absolute atomic E-state index is 8.87. The highest BCUT2D eigenvalue weighted by atomic mass is 16.5. The third-order valence-corrected chi connectivity index (χ3v) is 3.46. The number of ether oxygens (including phenoxy) is 1. The lowest BCUT2D eigenvalue weighted by molar-refractivity contribution is 0.200. The molecular weight excluding hydrogens is 262 g/mol. The summed E-state index contributed by atoms with van der Waals surface area (Å²) in [7, 11) is 0. The zero-order valence-corrected chi connectivity index (χ0v) is 12.7. The van der Waals surface area contributed by atoms with Crippen LogP contribution in [0.5, 0.6) is 5.75 Å². The van der Waals surface area contributed by atoms with Crippen LogP contribution in [0.25, 0.3) is 0 Å². The van der Waals surface area contributed by atoms with E-state index in [9.17, 15) is 0 Å². The Morgan fingerprint density at radius 1 is 1.14 bits per heavy atom. The fourth-order valence-corrected chi connectivity index (χ4v) is 2.27. The van der Waals surface area contributed by atoms with Crippen LogP contribution in [0.15, 0.2) is 48.5 Å². The standard InChI is InChI=1S/C18H23NO2/c1-14-6-5-8-16(12-14)15(2)19-13-17-7-3-4-9-18(17)21-11-10-20/h3-9,12,15,19-20H,10-11,13H2,1-2H3/t15-/m1/s1. The van der Waals surface area contributed by atoms with Crippen molar-refractivity contribution in [3.63, 3.8) is 0 Å². The van der Waals surface area contributed by atoms with E-state index in [0.717, 1.165) is 17.9 Å². The molecule has 0 saturated heterocycles. The van der Waals surface area contributed by atoms with Gasteiger partial charge in [-0.15, -0.1) is 0 Å². The van der Waals surface area contributed by atoms with Gasteiger partial charge >= 0.3 is 0 Å². The molecule has 0 bridgehead atoms. The number of hydrogen-bond donors (Lipinski definition) is 2. The molecule has 2 aromatic rings. The number of nitrogens with one attached hydrogen (secondary N) is 1. The Morgan fingerprint density at radius 3 is 2.71 bits per heavy atom. The van der Waals surface area contributed by atoms with Crippen molar-refractivity contribution < 1.29 is 9.84 Å². The number of para-hydroxylation sites is 1. The van der Waals surface area contributed by atoms with Gasteiger partial charge in [-0.3, -0.25) is 0 Å². The van der Waals surface area contributed by atoms with E-state index in [1.807, 2.05) is 24.3 Å². The van der Waals surface area contributed by atoms with Gasteiger partial charge in [0.25, 0.3) is 0 Å². The third kappa shape index (κ3) is 4.59. The summed E-state index contributed by atoms with van der Waals surface area (Å²) in [4.78, 5) is 0. The van der Waals surface area contributed by atoms with Crippen LogP contribution in [0.1, 0.15) is 29.7 Å². The van der Waals surface area contributed by atoms with Crippen LogP contribution in [-0.2, 0) is 6.54 Å². The molecule has 0 aliphatic rings. The van der Waals surface area contributed by atoms with Gasteiger partial charge in [-0.25, -0.2) is 0 Å². The van der Waals surface area contributed by atoms with E-state index in [-0.39, 0.29) is 12.6 Å². The lowest BCUT2D eigenvalue weighted by Gasteiger charge is -2.17. The molecule has 0 radical (unpaired) electrons. The number of benzene rings is 2. The molecule has 3 nitrogen and oxygen atoms in total. The minimum atomic E-state index is 0.0292. The van der Waals surface area contributed by atoms with Crippen LogP contribution >= 0.6 is 0 Å². The summed E-state index contributed by atoms with van der Waals surface area (Å²) in [6.45, 7) is 5.35. The van der Waals surface area contributed by atoms with Crippen molar-refractivity contribution in [3.05, 3.63) is 65.2 Å². The Balaban J connectivity index is 1.99. The van der Waals surface area contributed by atoms with Gasteiger partial charge in [0.05, 0.1) is 6.61 Å². The summed E-state index contributed by atoms with van der Waals surface area (Å²) in [5.41, 5.74) is 3.65. The van der Waals surface area contributed by atoms with Gasteiger partial charge in [0.15, 0.2) is 0 Å². The fourth-order valence-electron chi connectivity index (χ4n) is 2.27. The summed E-state index contributed by atoms with van der Waals surface area (Å²) < 4.78 is 5.55. The average Bonchev–Trinajstić information content (AvgIpc) is 2.51. The minimum absolute atomic E-state index is 0.0292. The van der Waals surface area contributed by atoms with E-state index in [2.05, 4.69) is 43.4 Å². The first-order valence-corrected chi connectivity index (χ1v) is 7.32. The number of aliphatic hydroxyl groups excluding tert-OH is 1. The molecule has 112 valence electrons. The Morgan fingerprint density at radius 2 is 1.95 bits per heavy atom. The van der Waals surface area contributed by atoms with E-state index < -0.39 is 0 Å². The molecule has 0 spiro atoms. The third-order valence-electron chi connectivity index (χ3n) is 3.46. The van der Waals surface area contributed by atoms with E-state index >= 15 is 0 Å². The van der Waals surface area contributed by atoms with Crippen molar-refractivity contribution in [1.29, 1.82) is 0 Å². The Kier molecular flexibility index (Phi) is 5.78. The highest BCUT2D eigenvalue weighted by Crippen LogP contribution is 2.20. The van der Waals surface area contributed by atoms with Crippen molar-refractivity contribution in [3.8, 4) is 5.75 Å². The van der Waals surface area contributed by atoms with Gasteiger partial charge in [-0.05, 0) is 25.5 Å². The summed E-state index contributed by atoms with van der Waals surface area (Å²) in [5.74, 6) is 0.829. The van der Waals surface area contributed by atoms with E-state index in [1.165, 1.54) is 11.1 Å². The predicted octanol–water partition coefficient (Wildman–Crippen LogP) is 3.22. The normalized spacial score (nSPS) is 12.1. The molecule has 3 heteroatoms. The molecule has 0 fully saturated rings. The highest BCUT2D eigenvalue weighted by Gasteiger charge is 2.07. The molecule has 0 heterocycles. The van der Waals surface area contributed by atoms with Crippen molar-refractivity contribution in [2.45, 2.75) is 26.4 Å². The first kappa shape index (κ1) is 15.5. The summed E-state index contributed by atoms with van der Waals surface area (Å²) in [5, 5.41) is 12.4. The van der Waals surface area contributed by atoms with E-state index in [1.54, 1.807) is 0 Å². The first-order chi connectivity index (χ1) is 10.2. The van der Waals surface area contributed by atoms with Gasteiger partial charge < -0.3 is 15.2 Å². The molecule has 1 atom stereocenters. The number of hydrogen-bond acceptors (Lipinski definition) is 3. The van der Waals surface area contributed by atoms with E-state index in [4.69, 9.17) is 9.84 Å². The van der Waals surface area contributed by atoms with Crippen LogP contribution in [0, 0.1) is 6.92 Å². The molecule has 0 aliphatic heterocycles. The molecule has 0 unspecified atom stereocenters. The number of aliphatic hydroxyl groups is 1. The molecule has 0 aliphatic carbocycles. The van der Waals surface area contributed by atoms with Crippen molar-refractivity contribution in [2.24, 2.45) is 0 Å². The molecule has 2 rings (SSSR count). The second-order valence-electron chi connectivity index (χ2n) is 5.20. The fraction of sp³-hybridized carbons (Fsp3) is 0.333. The number of rotatable bonds is 7. The van der Waals surface area contributed by atoms with Crippen molar-refractivity contribution >= 4 is 0 Å². The van der Waals surface area contributed by atoms with Crippen LogP contribution in [0.3, 0.4) is 0 Å². The zero-order chi connectivity index (χ0) is 15.1. The quantitative estimate of drug-likeness (QED) is 0.820. The van der Waals surface area contributed by atoms with Crippen LogP contribution in [0.4, 0.5) is 0 Å². The topological polar surface area (TPSA) is 41.5 Å². The second-order valence-corrected chi connectivity index (χ2v) is 5.20. The van der Waals surface area contributed by atoms with Crippen LogP contribution in [0.2, 0.25) is 0 Å². The summed E-state index contributed by atoms with van der Waals surface area (Å²) in [6.07, 6.45) is 0. The van der Waals surface area contributed by atoms with Gasteiger partial charge in [0.1, 0.15) is 12.4 Å². The van der Waals surface area contributed by atoms with Gasteiger partial charge in [0, 0.05) is 18.2 Å². The van der Waals surface area contributed by atoms with E-state index in [0.29, 0.717) is 6.61 Å². The van der Waals surface area contributed by atoms with Crippen LogP contribution < -0.4 is 10.1 Å². The maximum Gasteiger partial charge on any atom is 0.123 e. The lowest BCUT2D eigenvalue weighted by Crippen LogP contribution is -2.19. The predicted molar refractivity (Wildman–Crippen MR) is 85.5 cm³/mol. The van der Waals surface area contributed by atoms with Gasteiger partial charge in [0.2, 0.25) is 0 Å². The lowest BCUT2D eigenvalue weighted by atomic mass is 10.1. The molecule has 21 heavy (non-hydrogen) atoms. The Bertz CT molecular complexity index is 569. The molecule has 2 aromatic carbocycles. The Labute approximate surface area is 126 Å². The monoisotopic (exact) mass is 285 g/mol. The smallest absolute Gasteiger partial charge is 0.123 e. The maximum atomic E-state index is 8.87. The zero-order valence-electron chi connectivity index (χ0n) is 12.7. The molecule has 0 aromatic heterocycles. The van der Waals surface area contributed by atoms with Gasteiger partial charge in [-0.2, -0.15) is 0 Å². The summed E-state index contributed by atoms with van der Waals surface area (Å²) >= 11 is 0. The second kappa shape index (κ2) is 7.81. The average molecular weight is 285 g/mol.